The number of methoxy groups -OCH3 is 3. The summed E-state index contributed by atoms with van der Waals surface area (Å²) in [6.07, 6.45) is -0.821. The molecule has 112 valence electrons. The van der Waals surface area contributed by atoms with Crippen molar-refractivity contribution in [3.05, 3.63) is 52.0 Å². The van der Waals surface area contributed by atoms with Gasteiger partial charge in [-0.3, -0.25) is 0 Å². The second-order valence-electron chi connectivity index (χ2n) is 4.44. The van der Waals surface area contributed by atoms with Crippen molar-refractivity contribution < 1.29 is 19.3 Å². The van der Waals surface area contributed by atoms with Gasteiger partial charge in [0.25, 0.3) is 0 Å². The van der Waals surface area contributed by atoms with Crippen LogP contribution in [0.3, 0.4) is 0 Å². The minimum Gasteiger partial charge on any atom is -0.497 e. The van der Waals surface area contributed by atoms with Crippen LogP contribution in [0.2, 0.25) is 0 Å². The Balaban J connectivity index is 2.46. The zero-order valence-corrected chi connectivity index (χ0v) is 13.7. The fourth-order valence-electron chi connectivity index (χ4n) is 2.03. The molecule has 0 amide bonds. The molecule has 0 fully saturated rings. The first kappa shape index (κ1) is 15.7. The number of rotatable bonds is 5. The standard InChI is InChI=1S/C16H17BrO4/c1-19-11-4-5-15(17)14(9-11)16(18)10-6-12(20-2)8-13(7-10)21-3/h4-9,16,18H,1-3H3. The lowest BCUT2D eigenvalue weighted by molar-refractivity contribution is 0.218. The maximum absolute atomic E-state index is 10.6. The molecule has 2 rings (SSSR count). The predicted molar refractivity (Wildman–Crippen MR) is 84.3 cm³/mol. The molecule has 21 heavy (non-hydrogen) atoms. The molecule has 0 bridgehead atoms. The Morgan fingerprint density at radius 1 is 0.857 bits per heavy atom. The highest BCUT2D eigenvalue weighted by atomic mass is 79.9. The molecule has 2 aromatic carbocycles. The van der Waals surface area contributed by atoms with E-state index in [-0.39, 0.29) is 0 Å². The quantitative estimate of drug-likeness (QED) is 0.893. The lowest BCUT2D eigenvalue weighted by Crippen LogP contribution is -2.02. The molecule has 0 aliphatic carbocycles. The summed E-state index contributed by atoms with van der Waals surface area (Å²) in [4.78, 5) is 0. The molecule has 0 heterocycles. The number of aliphatic hydroxyl groups excluding tert-OH is 1. The number of ether oxygens (including phenoxy) is 3. The smallest absolute Gasteiger partial charge is 0.122 e. The SMILES string of the molecule is COc1cc(OC)cc(C(O)c2cc(OC)ccc2Br)c1. The van der Waals surface area contributed by atoms with E-state index < -0.39 is 6.10 Å². The van der Waals surface area contributed by atoms with Gasteiger partial charge in [0, 0.05) is 16.1 Å². The summed E-state index contributed by atoms with van der Waals surface area (Å²) >= 11 is 3.45. The van der Waals surface area contributed by atoms with Crippen molar-refractivity contribution >= 4 is 15.9 Å². The number of aliphatic hydroxyl groups is 1. The van der Waals surface area contributed by atoms with E-state index in [4.69, 9.17) is 14.2 Å². The van der Waals surface area contributed by atoms with Crippen LogP contribution >= 0.6 is 15.9 Å². The van der Waals surface area contributed by atoms with Crippen LogP contribution < -0.4 is 14.2 Å². The fraction of sp³-hybridized carbons (Fsp3) is 0.250. The summed E-state index contributed by atoms with van der Waals surface area (Å²) in [5.74, 6) is 1.94. The van der Waals surface area contributed by atoms with E-state index in [0.717, 1.165) is 4.47 Å². The lowest BCUT2D eigenvalue weighted by Gasteiger charge is -2.16. The van der Waals surface area contributed by atoms with Crippen LogP contribution in [0, 0.1) is 0 Å². The fourth-order valence-corrected chi connectivity index (χ4v) is 2.49. The van der Waals surface area contributed by atoms with E-state index in [0.29, 0.717) is 28.4 Å². The van der Waals surface area contributed by atoms with E-state index in [9.17, 15) is 5.11 Å². The molecule has 0 saturated carbocycles. The van der Waals surface area contributed by atoms with Crippen molar-refractivity contribution in [2.75, 3.05) is 21.3 Å². The van der Waals surface area contributed by atoms with Gasteiger partial charge in [0.2, 0.25) is 0 Å². The second-order valence-corrected chi connectivity index (χ2v) is 5.29. The average molecular weight is 353 g/mol. The molecular weight excluding hydrogens is 336 g/mol. The van der Waals surface area contributed by atoms with Crippen LogP contribution in [0.1, 0.15) is 17.2 Å². The van der Waals surface area contributed by atoms with Gasteiger partial charge in [-0.05, 0) is 35.9 Å². The normalized spacial score (nSPS) is 11.9. The maximum atomic E-state index is 10.6. The summed E-state index contributed by atoms with van der Waals surface area (Å²) in [7, 11) is 4.74. The number of hydrogen-bond acceptors (Lipinski definition) is 4. The third kappa shape index (κ3) is 3.49. The first-order valence-electron chi connectivity index (χ1n) is 6.33. The van der Waals surface area contributed by atoms with Crippen LogP contribution in [-0.2, 0) is 0 Å². The van der Waals surface area contributed by atoms with Gasteiger partial charge in [-0.1, -0.05) is 15.9 Å². The van der Waals surface area contributed by atoms with Crippen molar-refractivity contribution in [2.45, 2.75) is 6.10 Å². The van der Waals surface area contributed by atoms with Crippen LogP contribution in [0.15, 0.2) is 40.9 Å². The van der Waals surface area contributed by atoms with Gasteiger partial charge in [0.1, 0.15) is 23.4 Å². The first-order valence-corrected chi connectivity index (χ1v) is 7.12. The Bertz CT molecular complexity index is 605. The maximum Gasteiger partial charge on any atom is 0.122 e. The Kier molecular flexibility index (Phi) is 5.09. The molecule has 2 aromatic rings. The van der Waals surface area contributed by atoms with Gasteiger partial charge in [0.15, 0.2) is 0 Å². The first-order chi connectivity index (χ1) is 10.1. The van der Waals surface area contributed by atoms with E-state index in [2.05, 4.69) is 15.9 Å². The summed E-state index contributed by atoms with van der Waals surface area (Å²) in [6, 6.07) is 10.8. The number of benzene rings is 2. The largest absolute Gasteiger partial charge is 0.497 e. The highest BCUT2D eigenvalue weighted by molar-refractivity contribution is 9.10. The Morgan fingerprint density at radius 2 is 1.43 bits per heavy atom. The minimum absolute atomic E-state index is 0.627. The van der Waals surface area contributed by atoms with Gasteiger partial charge in [-0.2, -0.15) is 0 Å². The van der Waals surface area contributed by atoms with E-state index in [1.165, 1.54) is 0 Å². The Morgan fingerprint density at radius 3 is 1.95 bits per heavy atom. The number of halogens is 1. The molecule has 0 aliphatic heterocycles. The molecular formula is C16H17BrO4. The highest BCUT2D eigenvalue weighted by Crippen LogP contribution is 2.34. The minimum atomic E-state index is -0.821. The molecule has 0 aliphatic rings. The Labute approximate surface area is 132 Å². The molecule has 0 aromatic heterocycles. The highest BCUT2D eigenvalue weighted by Gasteiger charge is 2.17. The monoisotopic (exact) mass is 352 g/mol. The molecule has 0 saturated heterocycles. The van der Waals surface area contributed by atoms with Gasteiger partial charge in [0.05, 0.1) is 21.3 Å². The lowest BCUT2D eigenvalue weighted by atomic mass is 10.0. The van der Waals surface area contributed by atoms with Crippen molar-refractivity contribution in [3.63, 3.8) is 0 Å². The summed E-state index contributed by atoms with van der Waals surface area (Å²) in [6.45, 7) is 0. The zero-order valence-electron chi connectivity index (χ0n) is 12.1. The Hall–Kier alpha value is -1.72. The summed E-state index contributed by atoms with van der Waals surface area (Å²) < 4.78 is 16.5. The van der Waals surface area contributed by atoms with Crippen molar-refractivity contribution in [2.24, 2.45) is 0 Å². The second kappa shape index (κ2) is 6.83. The molecule has 0 radical (unpaired) electrons. The van der Waals surface area contributed by atoms with Crippen LogP contribution in [0.4, 0.5) is 0 Å². The molecule has 4 nitrogen and oxygen atoms in total. The van der Waals surface area contributed by atoms with Crippen molar-refractivity contribution in [1.82, 2.24) is 0 Å². The average Bonchev–Trinajstić information content (AvgIpc) is 2.54. The van der Waals surface area contributed by atoms with E-state index in [1.807, 2.05) is 12.1 Å². The molecule has 1 atom stereocenters. The predicted octanol–water partition coefficient (Wildman–Crippen LogP) is 3.56. The third-order valence-corrected chi connectivity index (χ3v) is 3.91. The van der Waals surface area contributed by atoms with Crippen LogP contribution in [-0.4, -0.2) is 26.4 Å². The molecule has 1 unspecified atom stereocenters. The van der Waals surface area contributed by atoms with Crippen molar-refractivity contribution in [3.8, 4) is 17.2 Å². The molecule has 1 N–H and O–H groups in total. The zero-order chi connectivity index (χ0) is 15.4. The van der Waals surface area contributed by atoms with Crippen LogP contribution in [0.25, 0.3) is 0 Å². The third-order valence-electron chi connectivity index (χ3n) is 3.19. The van der Waals surface area contributed by atoms with E-state index in [1.54, 1.807) is 45.6 Å². The van der Waals surface area contributed by atoms with Gasteiger partial charge in [-0.25, -0.2) is 0 Å². The molecule has 5 heteroatoms. The van der Waals surface area contributed by atoms with Gasteiger partial charge < -0.3 is 19.3 Å². The van der Waals surface area contributed by atoms with Gasteiger partial charge in [-0.15, -0.1) is 0 Å². The van der Waals surface area contributed by atoms with E-state index >= 15 is 0 Å². The van der Waals surface area contributed by atoms with Crippen LogP contribution in [0.5, 0.6) is 17.2 Å². The van der Waals surface area contributed by atoms with Crippen molar-refractivity contribution in [1.29, 1.82) is 0 Å². The summed E-state index contributed by atoms with van der Waals surface area (Å²) in [5, 5.41) is 10.6. The topological polar surface area (TPSA) is 47.9 Å². The summed E-state index contributed by atoms with van der Waals surface area (Å²) in [5.41, 5.74) is 1.39. The molecule has 0 spiro atoms. The number of hydrogen-bond donors (Lipinski definition) is 1. The van der Waals surface area contributed by atoms with Gasteiger partial charge >= 0.3 is 0 Å².